The number of aryl methyl sites for hydroxylation is 1. The number of hydrogen-bond donors (Lipinski definition) is 2. The summed E-state index contributed by atoms with van der Waals surface area (Å²) < 4.78 is 0. The summed E-state index contributed by atoms with van der Waals surface area (Å²) in [6.07, 6.45) is 0. The Morgan fingerprint density at radius 2 is 2.07 bits per heavy atom. The molecule has 0 fully saturated rings. The molecule has 2 aromatic heterocycles. The largest absolute Gasteiger partial charge is 0.321 e. The molecule has 2 heterocycles. The zero-order chi connectivity index (χ0) is 10.4. The molecule has 0 aliphatic rings. The fourth-order valence-electron chi connectivity index (χ4n) is 1.89. The van der Waals surface area contributed by atoms with Gasteiger partial charge in [0.05, 0.1) is 10.9 Å². The van der Waals surface area contributed by atoms with Gasteiger partial charge in [0.25, 0.3) is 5.56 Å². The van der Waals surface area contributed by atoms with Crippen LogP contribution in [0.2, 0.25) is 0 Å². The highest BCUT2D eigenvalue weighted by molar-refractivity contribution is 6.03. The fraction of sp³-hybridized carbons (Fsp3) is 0.0909. The van der Waals surface area contributed by atoms with Crippen molar-refractivity contribution in [2.75, 3.05) is 0 Å². The number of rotatable bonds is 0. The zero-order valence-electron chi connectivity index (χ0n) is 8.16. The van der Waals surface area contributed by atoms with Crippen LogP contribution in [0.4, 0.5) is 0 Å². The molecular formula is C11H9N3O. The third kappa shape index (κ3) is 1.01. The van der Waals surface area contributed by atoms with Crippen molar-refractivity contribution >= 4 is 21.8 Å². The molecule has 4 nitrogen and oxygen atoms in total. The minimum atomic E-state index is -0.0880. The Labute approximate surface area is 84.9 Å². The summed E-state index contributed by atoms with van der Waals surface area (Å²) in [5.74, 6) is 0. The number of benzene rings is 1. The quantitative estimate of drug-likeness (QED) is 0.579. The Hall–Kier alpha value is -2.10. The van der Waals surface area contributed by atoms with Crippen LogP contribution >= 0.6 is 0 Å². The molecule has 0 spiro atoms. The van der Waals surface area contributed by atoms with Gasteiger partial charge in [-0.15, -0.1) is 0 Å². The molecule has 2 N–H and O–H groups in total. The highest BCUT2D eigenvalue weighted by Crippen LogP contribution is 2.19. The summed E-state index contributed by atoms with van der Waals surface area (Å²) >= 11 is 0. The molecule has 0 atom stereocenters. The summed E-state index contributed by atoms with van der Waals surface area (Å²) in [5, 5.41) is 8.62. The molecule has 0 aliphatic heterocycles. The van der Waals surface area contributed by atoms with Gasteiger partial charge in [0.2, 0.25) is 0 Å². The van der Waals surface area contributed by atoms with E-state index in [4.69, 9.17) is 0 Å². The standard InChI is InChI=1S/C11H9N3O/c1-6-9-10(14-13-6)7-4-2-3-5-8(7)12-11(9)15/h2-5H,1H3,(H,12,15)(H,13,14). The van der Waals surface area contributed by atoms with Crippen molar-refractivity contribution in [3.05, 3.63) is 40.3 Å². The van der Waals surface area contributed by atoms with Gasteiger partial charge in [-0.25, -0.2) is 0 Å². The number of nitrogens with one attached hydrogen (secondary N) is 2. The molecular weight excluding hydrogens is 190 g/mol. The second kappa shape index (κ2) is 2.70. The lowest BCUT2D eigenvalue weighted by Gasteiger charge is -1.97. The van der Waals surface area contributed by atoms with Crippen molar-refractivity contribution in [3.8, 4) is 0 Å². The van der Waals surface area contributed by atoms with Crippen molar-refractivity contribution in [2.45, 2.75) is 6.92 Å². The molecule has 0 aliphatic carbocycles. The number of hydrogen-bond acceptors (Lipinski definition) is 2. The first kappa shape index (κ1) is 8.23. The second-order valence-electron chi connectivity index (χ2n) is 3.57. The van der Waals surface area contributed by atoms with Crippen molar-refractivity contribution in [3.63, 3.8) is 0 Å². The maximum Gasteiger partial charge on any atom is 0.259 e. The smallest absolute Gasteiger partial charge is 0.259 e. The van der Waals surface area contributed by atoms with E-state index in [1.54, 1.807) is 0 Å². The Kier molecular flexibility index (Phi) is 1.48. The molecule has 0 unspecified atom stereocenters. The van der Waals surface area contributed by atoms with Crippen LogP contribution in [0.15, 0.2) is 29.1 Å². The monoisotopic (exact) mass is 199 g/mol. The van der Waals surface area contributed by atoms with E-state index in [0.29, 0.717) is 5.39 Å². The highest BCUT2D eigenvalue weighted by Gasteiger charge is 2.09. The maximum atomic E-state index is 11.8. The van der Waals surface area contributed by atoms with E-state index in [0.717, 1.165) is 22.1 Å². The minimum Gasteiger partial charge on any atom is -0.321 e. The lowest BCUT2D eigenvalue weighted by Crippen LogP contribution is -2.06. The summed E-state index contributed by atoms with van der Waals surface area (Å²) in [6.45, 7) is 1.85. The van der Waals surface area contributed by atoms with Crippen LogP contribution in [-0.4, -0.2) is 15.2 Å². The molecule has 0 saturated carbocycles. The number of nitrogens with zero attached hydrogens (tertiary/aromatic N) is 1. The molecule has 74 valence electrons. The van der Waals surface area contributed by atoms with Crippen LogP contribution in [-0.2, 0) is 0 Å². The van der Waals surface area contributed by atoms with Crippen molar-refractivity contribution < 1.29 is 0 Å². The first-order chi connectivity index (χ1) is 7.27. The minimum absolute atomic E-state index is 0.0880. The van der Waals surface area contributed by atoms with Gasteiger partial charge in [-0.05, 0) is 13.0 Å². The Balaban J connectivity index is 2.71. The third-order valence-electron chi connectivity index (χ3n) is 2.60. The Morgan fingerprint density at radius 3 is 2.93 bits per heavy atom. The van der Waals surface area contributed by atoms with E-state index in [9.17, 15) is 4.79 Å². The lowest BCUT2D eigenvalue weighted by molar-refractivity contribution is 1.07. The average Bonchev–Trinajstić information content (AvgIpc) is 2.62. The van der Waals surface area contributed by atoms with Crippen LogP contribution in [0, 0.1) is 6.92 Å². The Bertz CT molecular complexity index is 708. The van der Waals surface area contributed by atoms with Crippen LogP contribution in [0.25, 0.3) is 21.8 Å². The van der Waals surface area contributed by atoms with E-state index >= 15 is 0 Å². The van der Waals surface area contributed by atoms with Gasteiger partial charge in [0.1, 0.15) is 5.52 Å². The fourth-order valence-corrected chi connectivity index (χ4v) is 1.89. The molecule has 0 bridgehead atoms. The summed E-state index contributed by atoms with van der Waals surface area (Å²) in [4.78, 5) is 14.6. The summed E-state index contributed by atoms with van der Waals surface area (Å²) in [6, 6.07) is 7.65. The maximum absolute atomic E-state index is 11.8. The predicted octanol–water partition coefficient (Wildman–Crippen LogP) is 1.71. The normalized spacial score (nSPS) is 11.3. The first-order valence-electron chi connectivity index (χ1n) is 4.73. The number of aromatic nitrogens is 3. The van der Waals surface area contributed by atoms with Crippen LogP contribution in [0.3, 0.4) is 0 Å². The predicted molar refractivity (Wildman–Crippen MR) is 59.0 cm³/mol. The van der Waals surface area contributed by atoms with Crippen molar-refractivity contribution in [1.29, 1.82) is 0 Å². The SMILES string of the molecule is Cc1[nH]nc2c1c(=O)[nH]c1ccccc12. The number of pyridine rings is 1. The van der Waals surface area contributed by atoms with Crippen LogP contribution in [0.5, 0.6) is 0 Å². The van der Waals surface area contributed by atoms with Gasteiger partial charge in [0, 0.05) is 11.1 Å². The number of H-pyrrole nitrogens is 2. The van der Waals surface area contributed by atoms with Gasteiger partial charge < -0.3 is 4.98 Å². The summed E-state index contributed by atoms with van der Waals surface area (Å²) in [5.41, 5.74) is 2.28. The average molecular weight is 199 g/mol. The van der Waals surface area contributed by atoms with Crippen LogP contribution < -0.4 is 5.56 Å². The third-order valence-corrected chi connectivity index (χ3v) is 2.60. The number of para-hydroxylation sites is 1. The van der Waals surface area contributed by atoms with E-state index < -0.39 is 0 Å². The highest BCUT2D eigenvalue weighted by atomic mass is 16.1. The van der Waals surface area contributed by atoms with Crippen LogP contribution in [0.1, 0.15) is 5.69 Å². The van der Waals surface area contributed by atoms with Gasteiger partial charge in [0.15, 0.2) is 0 Å². The molecule has 0 amide bonds. The molecule has 0 radical (unpaired) electrons. The van der Waals surface area contributed by atoms with Gasteiger partial charge in [-0.1, -0.05) is 18.2 Å². The van der Waals surface area contributed by atoms with E-state index in [1.165, 1.54) is 0 Å². The molecule has 3 rings (SSSR count). The van der Waals surface area contributed by atoms with E-state index in [2.05, 4.69) is 15.2 Å². The molecule has 1 aromatic carbocycles. The molecule has 0 saturated heterocycles. The topological polar surface area (TPSA) is 61.5 Å². The molecule has 15 heavy (non-hydrogen) atoms. The molecule has 3 aromatic rings. The van der Waals surface area contributed by atoms with Gasteiger partial charge >= 0.3 is 0 Å². The van der Waals surface area contributed by atoms with Gasteiger partial charge in [-0.3, -0.25) is 9.89 Å². The first-order valence-corrected chi connectivity index (χ1v) is 4.73. The number of fused-ring (bicyclic) bond motifs is 3. The van der Waals surface area contributed by atoms with E-state index in [-0.39, 0.29) is 5.56 Å². The number of aromatic amines is 2. The van der Waals surface area contributed by atoms with Gasteiger partial charge in [-0.2, -0.15) is 5.10 Å². The van der Waals surface area contributed by atoms with Crippen molar-refractivity contribution in [2.24, 2.45) is 0 Å². The molecule has 4 heteroatoms. The van der Waals surface area contributed by atoms with Crippen molar-refractivity contribution in [1.82, 2.24) is 15.2 Å². The zero-order valence-corrected chi connectivity index (χ0v) is 8.16. The lowest BCUT2D eigenvalue weighted by atomic mass is 10.1. The second-order valence-corrected chi connectivity index (χ2v) is 3.57. The summed E-state index contributed by atoms with van der Waals surface area (Å²) in [7, 11) is 0. The van der Waals surface area contributed by atoms with E-state index in [1.807, 2.05) is 31.2 Å². The Morgan fingerprint density at radius 1 is 1.27 bits per heavy atom.